The standard InChI is InChI=1S/C15H23NO2S/c1-4-15(14(17)18)7-9-16(10-8-15)12(3)13-6-5-11(2)19-13/h5-6,12H,4,7-10H2,1-3H3,(H,17,18). The van der Waals surface area contributed by atoms with E-state index in [1.165, 1.54) is 9.75 Å². The average molecular weight is 281 g/mol. The zero-order valence-electron chi connectivity index (χ0n) is 12.0. The Kier molecular flexibility index (Phi) is 4.31. The van der Waals surface area contributed by atoms with Gasteiger partial charge >= 0.3 is 5.97 Å². The van der Waals surface area contributed by atoms with Crippen LogP contribution in [0.5, 0.6) is 0 Å². The molecule has 0 aliphatic carbocycles. The van der Waals surface area contributed by atoms with Crippen molar-refractivity contribution < 1.29 is 9.90 Å². The molecular weight excluding hydrogens is 258 g/mol. The number of piperidine rings is 1. The number of rotatable bonds is 4. The molecule has 19 heavy (non-hydrogen) atoms. The van der Waals surface area contributed by atoms with Crippen molar-refractivity contribution in [2.45, 2.75) is 46.1 Å². The topological polar surface area (TPSA) is 40.5 Å². The van der Waals surface area contributed by atoms with Crippen molar-refractivity contribution in [1.82, 2.24) is 4.90 Å². The minimum absolute atomic E-state index is 0.405. The van der Waals surface area contributed by atoms with E-state index in [0.717, 1.165) is 32.4 Å². The third-order valence-electron chi connectivity index (χ3n) is 4.61. The van der Waals surface area contributed by atoms with Gasteiger partial charge in [-0.2, -0.15) is 0 Å². The molecule has 0 spiro atoms. The van der Waals surface area contributed by atoms with Crippen LogP contribution in [0.2, 0.25) is 0 Å². The molecule has 2 rings (SSSR count). The van der Waals surface area contributed by atoms with E-state index < -0.39 is 11.4 Å². The van der Waals surface area contributed by atoms with Gasteiger partial charge in [0.25, 0.3) is 0 Å². The number of nitrogens with zero attached hydrogens (tertiary/aromatic N) is 1. The third kappa shape index (κ3) is 2.84. The summed E-state index contributed by atoms with van der Waals surface area (Å²) in [6.45, 7) is 8.13. The lowest BCUT2D eigenvalue weighted by Crippen LogP contribution is -2.44. The highest BCUT2D eigenvalue weighted by Crippen LogP contribution is 2.38. The maximum Gasteiger partial charge on any atom is 0.309 e. The monoisotopic (exact) mass is 281 g/mol. The first-order valence-electron chi connectivity index (χ1n) is 7.02. The predicted octanol–water partition coefficient (Wildman–Crippen LogP) is 3.69. The summed E-state index contributed by atoms with van der Waals surface area (Å²) in [5.74, 6) is -0.616. The van der Waals surface area contributed by atoms with E-state index in [4.69, 9.17) is 0 Å². The van der Waals surface area contributed by atoms with Crippen LogP contribution in [0, 0.1) is 12.3 Å². The molecule has 0 saturated carbocycles. The first kappa shape index (κ1) is 14.5. The molecular formula is C15H23NO2S. The van der Waals surface area contributed by atoms with Crippen LogP contribution >= 0.6 is 11.3 Å². The summed E-state index contributed by atoms with van der Waals surface area (Å²) in [5, 5.41) is 9.42. The Hall–Kier alpha value is -0.870. The zero-order valence-corrected chi connectivity index (χ0v) is 12.8. The summed E-state index contributed by atoms with van der Waals surface area (Å²) in [6, 6.07) is 4.76. The Morgan fingerprint density at radius 1 is 1.47 bits per heavy atom. The SMILES string of the molecule is CCC1(C(=O)O)CCN(C(C)c2ccc(C)s2)CC1. The highest BCUT2D eigenvalue weighted by Gasteiger charge is 2.40. The number of thiophene rings is 1. The summed E-state index contributed by atoms with van der Waals surface area (Å²) < 4.78 is 0. The number of carbonyl (C=O) groups is 1. The second-order valence-electron chi connectivity index (χ2n) is 5.60. The normalized spacial score (nSPS) is 21.2. The minimum Gasteiger partial charge on any atom is -0.481 e. The zero-order chi connectivity index (χ0) is 14.0. The van der Waals surface area contributed by atoms with Crippen molar-refractivity contribution in [2.75, 3.05) is 13.1 Å². The van der Waals surface area contributed by atoms with Crippen molar-refractivity contribution in [3.63, 3.8) is 0 Å². The van der Waals surface area contributed by atoms with Gasteiger partial charge in [-0.1, -0.05) is 6.92 Å². The smallest absolute Gasteiger partial charge is 0.309 e. The van der Waals surface area contributed by atoms with Crippen LogP contribution in [0.25, 0.3) is 0 Å². The maximum atomic E-state index is 11.4. The Morgan fingerprint density at radius 3 is 2.53 bits per heavy atom. The van der Waals surface area contributed by atoms with Gasteiger partial charge in [0.1, 0.15) is 0 Å². The molecule has 4 heteroatoms. The third-order valence-corrected chi connectivity index (χ3v) is 5.78. The van der Waals surface area contributed by atoms with Crippen LogP contribution in [-0.4, -0.2) is 29.1 Å². The van der Waals surface area contributed by atoms with Crippen LogP contribution in [0.4, 0.5) is 0 Å². The number of hydrogen-bond donors (Lipinski definition) is 1. The summed E-state index contributed by atoms with van der Waals surface area (Å²) in [5.41, 5.74) is -0.485. The van der Waals surface area contributed by atoms with E-state index in [1.54, 1.807) is 0 Å². The maximum absolute atomic E-state index is 11.4. The van der Waals surface area contributed by atoms with Gasteiger partial charge in [0.05, 0.1) is 5.41 Å². The van der Waals surface area contributed by atoms with Gasteiger partial charge in [-0.15, -0.1) is 11.3 Å². The Balaban J connectivity index is 2.02. The first-order valence-corrected chi connectivity index (χ1v) is 7.84. The molecule has 1 atom stereocenters. The van der Waals surface area contributed by atoms with E-state index in [-0.39, 0.29) is 0 Å². The van der Waals surface area contributed by atoms with Crippen molar-refractivity contribution in [3.05, 3.63) is 21.9 Å². The van der Waals surface area contributed by atoms with E-state index in [2.05, 4.69) is 30.9 Å². The van der Waals surface area contributed by atoms with Crippen LogP contribution in [-0.2, 0) is 4.79 Å². The molecule has 1 aliphatic rings. The van der Waals surface area contributed by atoms with Crippen LogP contribution in [0.1, 0.15) is 48.9 Å². The lowest BCUT2D eigenvalue weighted by molar-refractivity contribution is -0.152. The molecule has 106 valence electrons. The lowest BCUT2D eigenvalue weighted by atomic mass is 9.76. The Bertz CT molecular complexity index is 447. The molecule has 0 aromatic carbocycles. The molecule has 1 saturated heterocycles. The van der Waals surface area contributed by atoms with Gasteiger partial charge in [-0.3, -0.25) is 9.69 Å². The molecule has 0 bridgehead atoms. The molecule has 1 aromatic rings. The van der Waals surface area contributed by atoms with E-state index >= 15 is 0 Å². The highest BCUT2D eigenvalue weighted by molar-refractivity contribution is 7.12. The summed E-state index contributed by atoms with van der Waals surface area (Å²) in [4.78, 5) is 16.6. The van der Waals surface area contributed by atoms with Gasteiger partial charge in [0, 0.05) is 15.8 Å². The molecule has 1 aliphatic heterocycles. The summed E-state index contributed by atoms with van der Waals surface area (Å²) in [6.07, 6.45) is 2.28. The molecule has 3 nitrogen and oxygen atoms in total. The van der Waals surface area contributed by atoms with Crippen molar-refractivity contribution in [3.8, 4) is 0 Å². The van der Waals surface area contributed by atoms with E-state index in [0.29, 0.717) is 6.04 Å². The van der Waals surface area contributed by atoms with Crippen LogP contribution < -0.4 is 0 Å². The molecule has 0 amide bonds. The number of likely N-dealkylation sites (tertiary alicyclic amines) is 1. The quantitative estimate of drug-likeness (QED) is 0.915. The molecule has 0 radical (unpaired) electrons. The van der Waals surface area contributed by atoms with Crippen LogP contribution in [0.15, 0.2) is 12.1 Å². The molecule has 1 N–H and O–H groups in total. The molecule has 2 heterocycles. The molecule has 1 fully saturated rings. The second-order valence-corrected chi connectivity index (χ2v) is 6.92. The summed E-state index contributed by atoms with van der Waals surface area (Å²) >= 11 is 1.84. The van der Waals surface area contributed by atoms with E-state index in [9.17, 15) is 9.90 Å². The second kappa shape index (κ2) is 5.63. The van der Waals surface area contributed by atoms with Gasteiger partial charge in [0.15, 0.2) is 0 Å². The average Bonchev–Trinajstić information content (AvgIpc) is 2.84. The number of carboxylic acid groups (broad SMARTS) is 1. The largest absolute Gasteiger partial charge is 0.481 e. The number of hydrogen-bond acceptors (Lipinski definition) is 3. The van der Waals surface area contributed by atoms with E-state index in [1.807, 2.05) is 18.3 Å². The van der Waals surface area contributed by atoms with Gasteiger partial charge < -0.3 is 5.11 Å². The fourth-order valence-corrected chi connectivity index (χ4v) is 3.88. The van der Waals surface area contributed by atoms with Gasteiger partial charge in [-0.25, -0.2) is 0 Å². The first-order chi connectivity index (χ1) is 8.98. The summed E-state index contributed by atoms with van der Waals surface area (Å²) in [7, 11) is 0. The van der Waals surface area contributed by atoms with Crippen molar-refractivity contribution in [2.24, 2.45) is 5.41 Å². The van der Waals surface area contributed by atoms with Crippen molar-refractivity contribution in [1.29, 1.82) is 0 Å². The Morgan fingerprint density at radius 2 is 2.11 bits per heavy atom. The fourth-order valence-electron chi connectivity index (χ4n) is 2.92. The molecule has 1 unspecified atom stereocenters. The van der Waals surface area contributed by atoms with Gasteiger partial charge in [-0.05, 0) is 58.3 Å². The Labute approximate surface area is 119 Å². The number of aliphatic carboxylic acids is 1. The minimum atomic E-state index is -0.616. The highest BCUT2D eigenvalue weighted by atomic mass is 32.1. The fraction of sp³-hybridized carbons (Fsp3) is 0.667. The number of aryl methyl sites for hydroxylation is 1. The van der Waals surface area contributed by atoms with Crippen molar-refractivity contribution >= 4 is 17.3 Å². The lowest BCUT2D eigenvalue weighted by Gasteiger charge is -2.40. The predicted molar refractivity (Wildman–Crippen MR) is 78.6 cm³/mol. The number of carboxylic acids is 1. The molecule has 1 aromatic heterocycles. The van der Waals surface area contributed by atoms with Gasteiger partial charge in [0.2, 0.25) is 0 Å². The van der Waals surface area contributed by atoms with Crippen LogP contribution in [0.3, 0.4) is 0 Å².